The molecule has 0 radical (unpaired) electrons. The number of rotatable bonds is 9. The zero-order valence-electron chi connectivity index (χ0n) is 11.3. The summed E-state index contributed by atoms with van der Waals surface area (Å²) >= 11 is 0. The smallest absolute Gasteiger partial charge is 0.331 e. The Labute approximate surface area is 117 Å². The molecule has 1 atom stereocenters. The van der Waals surface area contributed by atoms with Gasteiger partial charge in [-0.3, -0.25) is 0 Å². The summed E-state index contributed by atoms with van der Waals surface area (Å²) in [6.07, 6.45) is 3.41. The minimum atomic E-state index is -1.09. The van der Waals surface area contributed by atoms with Crippen molar-refractivity contribution in [1.29, 1.82) is 0 Å². The van der Waals surface area contributed by atoms with E-state index in [1.807, 2.05) is 0 Å². The third-order valence-corrected chi connectivity index (χ3v) is 2.25. The van der Waals surface area contributed by atoms with Crippen molar-refractivity contribution in [3.63, 3.8) is 0 Å². The number of carboxylic acid groups (broad SMARTS) is 1. The topological polar surface area (TPSA) is 89.9 Å². The average molecular weight is 282 g/mol. The Morgan fingerprint density at radius 1 is 1.20 bits per heavy atom. The van der Waals surface area contributed by atoms with Crippen LogP contribution < -0.4 is 0 Å². The third kappa shape index (κ3) is 7.86. The monoisotopic (exact) mass is 282 g/mol. The minimum Gasteiger partial charge on any atom is -0.478 e. The van der Waals surface area contributed by atoms with Crippen molar-refractivity contribution in [2.24, 2.45) is 0 Å². The number of carbonyl (C=O) groups is 3. The van der Waals surface area contributed by atoms with Crippen LogP contribution >= 0.6 is 0 Å². The van der Waals surface area contributed by atoms with Crippen LogP contribution in [0.3, 0.4) is 0 Å². The molecule has 0 aromatic carbocycles. The molecule has 0 aliphatic heterocycles. The normalized spacial score (nSPS) is 12.2. The molecule has 0 amide bonds. The fraction of sp³-hybridized carbons (Fsp3) is 0.357. The molecule has 0 rings (SSSR count). The van der Waals surface area contributed by atoms with Gasteiger partial charge in [0.05, 0.1) is 6.61 Å². The van der Waals surface area contributed by atoms with Crippen LogP contribution in [-0.2, 0) is 23.9 Å². The van der Waals surface area contributed by atoms with E-state index in [9.17, 15) is 14.4 Å². The van der Waals surface area contributed by atoms with Crippen molar-refractivity contribution >= 4 is 17.9 Å². The van der Waals surface area contributed by atoms with E-state index in [1.54, 1.807) is 0 Å². The maximum atomic E-state index is 11.1. The van der Waals surface area contributed by atoms with Crippen molar-refractivity contribution < 1.29 is 29.0 Å². The van der Waals surface area contributed by atoms with E-state index < -0.39 is 24.0 Å². The Morgan fingerprint density at radius 3 is 2.30 bits per heavy atom. The molecule has 0 aromatic rings. The van der Waals surface area contributed by atoms with Crippen molar-refractivity contribution in [3.05, 3.63) is 37.0 Å². The largest absolute Gasteiger partial charge is 0.478 e. The Bertz CT molecular complexity index is 421. The number of carbonyl (C=O) groups excluding carboxylic acids is 2. The van der Waals surface area contributed by atoms with Crippen LogP contribution in [0.2, 0.25) is 0 Å². The van der Waals surface area contributed by atoms with Gasteiger partial charge >= 0.3 is 17.9 Å². The van der Waals surface area contributed by atoms with Gasteiger partial charge in [-0.15, -0.1) is 0 Å². The lowest BCUT2D eigenvalue weighted by atomic mass is 10.1. The Hall–Kier alpha value is -2.37. The molecule has 0 saturated carbocycles. The van der Waals surface area contributed by atoms with Crippen LogP contribution in [0.1, 0.15) is 19.8 Å². The van der Waals surface area contributed by atoms with Gasteiger partial charge in [-0.25, -0.2) is 14.4 Å². The molecule has 1 N–H and O–H groups in total. The molecule has 0 heterocycles. The van der Waals surface area contributed by atoms with Gasteiger partial charge < -0.3 is 14.6 Å². The van der Waals surface area contributed by atoms with Crippen LogP contribution in [-0.4, -0.2) is 35.7 Å². The molecule has 20 heavy (non-hydrogen) atoms. The van der Waals surface area contributed by atoms with Gasteiger partial charge in [0.25, 0.3) is 0 Å². The Kier molecular flexibility index (Phi) is 8.41. The van der Waals surface area contributed by atoms with Gasteiger partial charge in [0.15, 0.2) is 0 Å². The summed E-state index contributed by atoms with van der Waals surface area (Å²) in [4.78, 5) is 32.7. The Morgan fingerprint density at radius 2 is 1.80 bits per heavy atom. The van der Waals surface area contributed by atoms with Gasteiger partial charge in [-0.2, -0.15) is 0 Å². The zero-order chi connectivity index (χ0) is 15.5. The van der Waals surface area contributed by atoms with Crippen LogP contribution in [0.25, 0.3) is 0 Å². The van der Waals surface area contributed by atoms with Gasteiger partial charge in [0.1, 0.15) is 6.10 Å². The van der Waals surface area contributed by atoms with Crippen LogP contribution in [0.4, 0.5) is 0 Å². The number of carboxylic acids is 1. The third-order valence-electron chi connectivity index (χ3n) is 2.25. The highest BCUT2D eigenvalue weighted by molar-refractivity contribution is 5.86. The summed E-state index contributed by atoms with van der Waals surface area (Å²) in [5.74, 6) is -2.28. The second kappa shape index (κ2) is 9.55. The summed E-state index contributed by atoms with van der Waals surface area (Å²) in [6, 6.07) is 0. The van der Waals surface area contributed by atoms with E-state index in [0.717, 1.165) is 12.2 Å². The van der Waals surface area contributed by atoms with Crippen molar-refractivity contribution in [3.8, 4) is 0 Å². The van der Waals surface area contributed by atoms with Gasteiger partial charge in [-0.1, -0.05) is 13.2 Å². The SMILES string of the molecule is C=CC(=O)OCCCC(C=C(C)C(=O)O)OC(=O)C=C. The lowest BCUT2D eigenvalue weighted by Gasteiger charge is -2.13. The molecule has 6 nitrogen and oxygen atoms in total. The first-order valence-corrected chi connectivity index (χ1v) is 5.94. The van der Waals surface area contributed by atoms with Gasteiger partial charge in [0.2, 0.25) is 0 Å². The number of ether oxygens (including phenoxy) is 2. The molecule has 0 spiro atoms. The highest BCUT2D eigenvalue weighted by atomic mass is 16.5. The van der Waals surface area contributed by atoms with E-state index in [4.69, 9.17) is 14.6 Å². The summed E-state index contributed by atoms with van der Waals surface area (Å²) in [5.41, 5.74) is 0.0648. The molecule has 110 valence electrons. The quantitative estimate of drug-likeness (QED) is 0.392. The van der Waals surface area contributed by atoms with Crippen LogP contribution in [0, 0.1) is 0 Å². The number of esters is 2. The molecule has 0 aliphatic carbocycles. The number of hydrogen-bond donors (Lipinski definition) is 1. The molecule has 6 heteroatoms. The molecular formula is C14H18O6. The second-order valence-electron chi connectivity index (χ2n) is 3.85. The van der Waals surface area contributed by atoms with Crippen molar-refractivity contribution in [2.45, 2.75) is 25.9 Å². The van der Waals surface area contributed by atoms with Crippen LogP contribution in [0.5, 0.6) is 0 Å². The van der Waals surface area contributed by atoms with E-state index in [2.05, 4.69) is 13.2 Å². The van der Waals surface area contributed by atoms with Gasteiger partial charge in [0, 0.05) is 17.7 Å². The number of hydrogen-bond acceptors (Lipinski definition) is 5. The maximum absolute atomic E-state index is 11.1. The maximum Gasteiger partial charge on any atom is 0.331 e. The lowest BCUT2D eigenvalue weighted by Crippen LogP contribution is -2.17. The molecule has 0 aromatic heterocycles. The van der Waals surface area contributed by atoms with E-state index in [1.165, 1.54) is 13.0 Å². The Balaban J connectivity index is 4.46. The molecule has 1 unspecified atom stereocenters. The second-order valence-corrected chi connectivity index (χ2v) is 3.85. The molecule has 0 saturated heterocycles. The highest BCUT2D eigenvalue weighted by Gasteiger charge is 2.13. The predicted octanol–water partition coefficient (Wildman–Crippen LogP) is 1.62. The number of aliphatic carboxylic acids is 1. The fourth-order valence-electron chi connectivity index (χ4n) is 1.24. The summed E-state index contributed by atoms with van der Waals surface area (Å²) in [7, 11) is 0. The minimum absolute atomic E-state index is 0.0648. The molecule has 0 bridgehead atoms. The van der Waals surface area contributed by atoms with Crippen molar-refractivity contribution in [1.82, 2.24) is 0 Å². The first-order valence-electron chi connectivity index (χ1n) is 5.94. The molecule has 0 fully saturated rings. The van der Waals surface area contributed by atoms with Gasteiger partial charge in [-0.05, 0) is 25.8 Å². The first kappa shape index (κ1) is 17.6. The van der Waals surface area contributed by atoms with E-state index in [0.29, 0.717) is 12.8 Å². The first-order chi connectivity index (χ1) is 9.40. The lowest BCUT2D eigenvalue weighted by molar-refractivity contribution is -0.142. The average Bonchev–Trinajstić information content (AvgIpc) is 2.42. The molecule has 0 aliphatic rings. The van der Waals surface area contributed by atoms with Crippen LogP contribution in [0.15, 0.2) is 37.0 Å². The molecular weight excluding hydrogens is 264 g/mol. The van der Waals surface area contributed by atoms with E-state index in [-0.39, 0.29) is 12.2 Å². The van der Waals surface area contributed by atoms with E-state index >= 15 is 0 Å². The summed E-state index contributed by atoms with van der Waals surface area (Å²) in [5, 5.41) is 8.79. The zero-order valence-corrected chi connectivity index (χ0v) is 11.3. The summed E-state index contributed by atoms with van der Waals surface area (Å²) < 4.78 is 9.77. The fourth-order valence-corrected chi connectivity index (χ4v) is 1.24. The summed E-state index contributed by atoms with van der Waals surface area (Å²) in [6.45, 7) is 8.05. The predicted molar refractivity (Wildman–Crippen MR) is 71.9 cm³/mol. The standard InChI is InChI=1S/C14H18O6/c1-4-12(15)19-8-6-7-11(20-13(16)5-2)9-10(3)14(17)18/h4-5,9,11H,1-2,6-8H2,3H3,(H,17,18). The highest BCUT2D eigenvalue weighted by Crippen LogP contribution is 2.09. The van der Waals surface area contributed by atoms with Crippen molar-refractivity contribution in [2.75, 3.05) is 6.61 Å².